The average molecular weight is 394 g/mol. The summed E-state index contributed by atoms with van der Waals surface area (Å²) >= 11 is 1.12. The Hall–Kier alpha value is -2.86. The summed E-state index contributed by atoms with van der Waals surface area (Å²) < 4.78 is 0. The van der Waals surface area contributed by atoms with Crippen molar-refractivity contribution in [2.24, 2.45) is 0 Å². The Labute approximate surface area is 169 Å². The van der Waals surface area contributed by atoms with Crippen LogP contribution >= 0.6 is 11.8 Å². The van der Waals surface area contributed by atoms with E-state index in [0.717, 1.165) is 33.3 Å². The van der Waals surface area contributed by atoms with Gasteiger partial charge in [0.1, 0.15) is 0 Å². The molecule has 0 saturated carbocycles. The van der Waals surface area contributed by atoms with E-state index < -0.39 is 0 Å². The van der Waals surface area contributed by atoms with E-state index >= 15 is 0 Å². The molecule has 0 unspecified atom stereocenters. The van der Waals surface area contributed by atoms with Gasteiger partial charge in [-0.1, -0.05) is 38.1 Å². The molecule has 2 amide bonds. The first-order valence-electron chi connectivity index (χ1n) is 9.05. The van der Waals surface area contributed by atoms with Gasteiger partial charge >= 0.3 is 0 Å². The minimum absolute atomic E-state index is 0.0646. The standard InChI is InChI=1S/C22H23N3O2S/c1-14(2)20-13-18(17-10-5-6-11-19(17)24-20)21(26)23-15-8-7-9-16(12-15)28-22(27)25(3)4/h5-14H,1-4H3,(H,23,26). The molecule has 0 radical (unpaired) electrons. The van der Waals surface area contributed by atoms with Gasteiger partial charge in [-0.05, 0) is 48.0 Å². The van der Waals surface area contributed by atoms with Crippen molar-refractivity contribution in [1.82, 2.24) is 9.88 Å². The highest BCUT2D eigenvalue weighted by molar-refractivity contribution is 8.13. The molecule has 144 valence electrons. The fourth-order valence-corrected chi connectivity index (χ4v) is 3.42. The van der Waals surface area contributed by atoms with Crippen LogP contribution in [0.2, 0.25) is 0 Å². The number of fused-ring (bicyclic) bond motifs is 1. The van der Waals surface area contributed by atoms with Crippen molar-refractivity contribution in [3.8, 4) is 0 Å². The van der Waals surface area contributed by atoms with Crippen LogP contribution in [0.1, 0.15) is 35.8 Å². The third-order valence-corrected chi connectivity index (χ3v) is 5.26. The maximum Gasteiger partial charge on any atom is 0.285 e. The van der Waals surface area contributed by atoms with Gasteiger partial charge in [-0.2, -0.15) is 0 Å². The second kappa shape index (κ2) is 8.44. The minimum atomic E-state index is -0.193. The summed E-state index contributed by atoms with van der Waals surface area (Å²) in [7, 11) is 3.42. The molecule has 1 heterocycles. The fourth-order valence-electron chi connectivity index (χ4n) is 2.71. The molecule has 0 spiro atoms. The van der Waals surface area contributed by atoms with Crippen LogP contribution in [0.5, 0.6) is 0 Å². The number of pyridine rings is 1. The van der Waals surface area contributed by atoms with E-state index in [1.807, 2.05) is 48.5 Å². The molecule has 0 fully saturated rings. The Balaban J connectivity index is 1.90. The first kappa shape index (κ1) is 19.9. The number of carbonyl (C=O) groups is 2. The van der Waals surface area contributed by atoms with E-state index in [0.29, 0.717) is 11.3 Å². The van der Waals surface area contributed by atoms with Crippen molar-refractivity contribution in [3.05, 3.63) is 65.9 Å². The lowest BCUT2D eigenvalue weighted by molar-refractivity contribution is 0.102. The normalized spacial score (nSPS) is 10.9. The molecule has 3 aromatic rings. The zero-order valence-corrected chi connectivity index (χ0v) is 17.2. The summed E-state index contributed by atoms with van der Waals surface area (Å²) in [5.74, 6) is 0.0227. The number of thioether (sulfide) groups is 1. The van der Waals surface area contributed by atoms with Crippen LogP contribution in [-0.4, -0.2) is 35.1 Å². The number of nitrogens with zero attached hydrogens (tertiary/aromatic N) is 2. The molecule has 0 bridgehead atoms. The van der Waals surface area contributed by atoms with Gasteiger partial charge in [0.2, 0.25) is 0 Å². The topological polar surface area (TPSA) is 62.3 Å². The largest absolute Gasteiger partial charge is 0.339 e. The molecule has 0 aliphatic rings. The van der Waals surface area contributed by atoms with Gasteiger partial charge < -0.3 is 10.2 Å². The van der Waals surface area contributed by atoms with Crippen LogP contribution in [-0.2, 0) is 0 Å². The molecular formula is C22H23N3O2S. The Morgan fingerprint density at radius 1 is 1.04 bits per heavy atom. The lowest BCUT2D eigenvalue weighted by atomic mass is 10.0. The molecule has 1 aromatic heterocycles. The summed E-state index contributed by atoms with van der Waals surface area (Å²) in [6.07, 6.45) is 0. The van der Waals surface area contributed by atoms with Crippen molar-refractivity contribution < 1.29 is 9.59 Å². The smallest absolute Gasteiger partial charge is 0.285 e. The summed E-state index contributed by atoms with van der Waals surface area (Å²) in [6, 6.07) is 16.8. The van der Waals surface area contributed by atoms with Crippen molar-refractivity contribution in [2.45, 2.75) is 24.7 Å². The number of hydrogen-bond acceptors (Lipinski definition) is 4. The van der Waals surface area contributed by atoms with E-state index in [9.17, 15) is 9.59 Å². The zero-order chi connectivity index (χ0) is 20.3. The minimum Gasteiger partial charge on any atom is -0.339 e. The number of carbonyl (C=O) groups excluding carboxylic acids is 2. The fraction of sp³-hybridized carbons (Fsp3) is 0.227. The van der Waals surface area contributed by atoms with Crippen LogP contribution < -0.4 is 5.32 Å². The number of aromatic nitrogens is 1. The van der Waals surface area contributed by atoms with Crippen molar-refractivity contribution in [1.29, 1.82) is 0 Å². The Kier molecular flexibility index (Phi) is 5.99. The molecule has 0 atom stereocenters. The van der Waals surface area contributed by atoms with Crippen molar-refractivity contribution in [3.63, 3.8) is 0 Å². The van der Waals surface area contributed by atoms with Crippen LogP contribution in [0.15, 0.2) is 59.5 Å². The summed E-state index contributed by atoms with van der Waals surface area (Å²) in [5.41, 5.74) is 2.93. The first-order chi connectivity index (χ1) is 13.3. The molecule has 6 heteroatoms. The van der Waals surface area contributed by atoms with Crippen LogP contribution in [0.3, 0.4) is 0 Å². The monoisotopic (exact) mass is 393 g/mol. The maximum atomic E-state index is 13.0. The Morgan fingerprint density at radius 3 is 2.50 bits per heavy atom. The number of anilines is 1. The number of para-hydroxylation sites is 1. The Morgan fingerprint density at radius 2 is 1.79 bits per heavy atom. The van der Waals surface area contributed by atoms with Gasteiger partial charge in [0, 0.05) is 35.8 Å². The van der Waals surface area contributed by atoms with E-state index in [4.69, 9.17) is 0 Å². The van der Waals surface area contributed by atoms with Gasteiger partial charge in [-0.3, -0.25) is 14.6 Å². The lowest BCUT2D eigenvalue weighted by Crippen LogP contribution is -2.16. The van der Waals surface area contributed by atoms with Gasteiger partial charge in [0.15, 0.2) is 0 Å². The Bertz CT molecular complexity index is 1030. The van der Waals surface area contributed by atoms with Crippen LogP contribution in [0.4, 0.5) is 10.5 Å². The van der Waals surface area contributed by atoms with Gasteiger partial charge in [-0.25, -0.2) is 0 Å². The highest BCUT2D eigenvalue weighted by Gasteiger charge is 2.15. The number of hydrogen-bond donors (Lipinski definition) is 1. The van der Waals surface area contributed by atoms with Crippen LogP contribution in [0.25, 0.3) is 10.9 Å². The summed E-state index contributed by atoms with van der Waals surface area (Å²) in [4.78, 5) is 31.9. The van der Waals surface area contributed by atoms with Gasteiger partial charge in [-0.15, -0.1) is 0 Å². The SMILES string of the molecule is CC(C)c1cc(C(=O)Nc2cccc(SC(=O)N(C)C)c2)c2ccccc2n1. The molecular weight excluding hydrogens is 370 g/mol. The molecule has 3 rings (SSSR count). The molecule has 0 aliphatic carbocycles. The van der Waals surface area contributed by atoms with E-state index in [1.54, 1.807) is 20.2 Å². The predicted octanol–water partition coefficient (Wildman–Crippen LogP) is 5.38. The number of nitrogens with one attached hydrogen (secondary N) is 1. The molecule has 28 heavy (non-hydrogen) atoms. The summed E-state index contributed by atoms with van der Waals surface area (Å²) in [6.45, 7) is 4.11. The zero-order valence-electron chi connectivity index (χ0n) is 16.4. The van der Waals surface area contributed by atoms with Crippen molar-refractivity contribution in [2.75, 3.05) is 19.4 Å². The molecule has 0 aliphatic heterocycles. The predicted molar refractivity (Wildman–Crippen MR) is 115 cm³/mol. The van der Waals surface area contributed by atoms with Gasteiger partial charge in [0.25, 0.3) is 11.1 Å². The van der Waals surface area contributed by atoms with Crippen LogP contribution in [0, 0.1) is 0 Å². The van der Waals surface area contributed by atoms with E-state index in [2.05, 4.69) is 24.1 Å². The lowest BCUT2D eigenvalue weighted by Gasteiger charge is -2.13. The maximum absolute atomic E-state index is 13.0. The average Bonchev–Trinajstić information content (AvgIpc) is 2.67. The molecule has 5 nitrogen and oxygen atoms in total. The molecule has 2 aromatic carbocycles. The number of benzene rings is 2. The second-order valence-electron chi connectivity index (χ2n) is 7.01. The van der Waals surface area contributed by atoms with Crippen molar-refractivity contribution >= 4 is 39.5 Å². The summed E-state index contributed by atoms with van der Waals surface area (Å²) in [5, 5.41) is 3.71. The second-order valence-corrected chi connectivity index (χ2v) is 8.04. The van der Waals surface area contributed by atoms with Gasteiger partial charge in [0.05, 0.1) is 11.1 Å². The third kappa shape index (κ3) is 4.51. The highest BCUT2D eigenvalue weighted by atomic mass is 32.2. The number of amides is 2. The third-order valence-electron chi connectivity index (χ3n) is 4.23. The van der Waals surface area contributed by atoms with E-state index in [-0.39, 0.29) is 17.1 Å². The first-order valence-corrected chi connectivity index (χ1v) is 9.87. The van der Waals surface area contributed by atoms with E-state index in [1.165, 1.54) is 4.90 Å². The highest BCUT2D eigenvalue weighted by Crippen LogP contribution is 2.26. The molecule has 0 saturated heterocycles. The quantitative estimate of drug-likeness (QED) is 0.604. The molecule has 1 N–H and O–H groups in total. The number of rotatable bonds is 4.